The quantitative estimate of drug-likeness (QED) is 0.793. The zero-order valence-electron chi connectivity index (χ0n) is 9.70. The van der Waals surface area contributed by atoms with Crippen LogP contribution in [0.1, 0.15) is 29.9 Å². The Labute approximate surface area is 102 Å². The highest BCUT2D eigenvalue weighted by Gasteiger charge is 2.14. The van der Waals surface area contributed by atoms with E-state index in [4.69, 9.17) is 0 Å². The average molecular weight is 260 g/mol. The molecule has 1 N–H and O–H groups in total. The van der Waals surface area contributed by atoms with E-state index in [0.717, 1.165) is 10.7 Å². The lowest BCUT2D eigenvalue weighted by molar-refractivity contribution is 0.101. The number of carbonyl (C=O) groups is 1. The average Bonchev–Trinajstić information content (AvgIpc) is 2.59. The molecule has 6 heteroatoms. The number of hydrogen-bond donors (Lipinski definition) is 1. The molecule has 90 valence electrons. The smallest absolute Gasteiger partial charge is 0.164 e. The number of nitrogens with zero attached hydrogens (tertiary/aromatic N) is 1. The van der Waals surface area contributed by atoms with Gasteiger partial charge in [-0.1, -0.05) is 6.92 Å². The van der Waals surface area contributed by atoms with Gasteiger partial charge in [-0.3, -0.25) is 9.00 Å². The van der Waals surface area contributed by atoms with Crippen molar-refractivity contribution in [2.24, 2.45) is 0 Å². The van der Waals surface area contributed by atoms with Gasteiger partial charge in [-0.2, -0.15) is 4.37 Å². The molecule has 0 amide bonds. The highest BCUT2D eigenvalue weighted by Crippen LogP contribution is 2.24. The number of aryl methyl sites for hydroxylation is 1. The molecule has 1 atom stereocenters. The van der Waals surface area contributed by atoms with E-state index in [1.54, 1.807) is 0 Å². The summed E-state index contributed by atoms with van der Waals surface area (Å²) in [7, 11) is -0.774. The minimum Gasteiger partial charge on any atom is -0.374 e. The minimum absolute atomic E-state index is 0.0189. The molecule has 4 nitrogen and oxygen atoms in total. The van der Waals surface area contributed by atoms with E-state index < -0.39 is 10.8 Å². The van der Waals surface area contributed by atoms with Gasteiger partial charge in [0.05, 0.1) is 11.3 Å². The van der Waals surface area contributed by atoms with Crippen molar-refractivity contribution in [3.8, 4) is 0 Å². The Morgan fingerprint density at radius 3 is 2.81 bits per heavy atom. The van der Waals surface area contributed by atoms with E-state index in [2.05, 4.69) is 9.69 Å². The van der Waals surface area contributed by atoms with Crippen molar-refractivity contribution in [3.63, 3.8) is 0 Å². The van der Waals surface area contributed by atoms with E-state index in [-0.39, 0.29) is 5.78 Å². The Hall–Kier alpha value is -0.750. The van der Waals surface area contributed by atoms with Crippen molar-refractivity contribution in [1.29, 1.82) is 0 Å². The van der Waals surface area contributed by atoms with Crippen LogP contribution in [0.2, 0.25) is 0 Å². The van der Waals surface area contributed by atoms with Gasteiger partial charge in [-0.05, 0) is 25.4 Å². The van der Waals surface area contributed by atoms with Crippen LogP contribution in [0.15, 0.2) is 0 Å². The summed E-state index contributed by atoms with van der Waals surface area (Å²) in [4.78, 5) is 11.4. The van der Waals surface area contributed by atoms with Crippen LogP contribution in [0.25, 0.3) is 0 Å². The van der Waals surface area contributed by atoms with Gasteiger partial charge < -0.3 is 5.32 Å². The Balaban J connectivity index is 2.61. The molecule has 1 heterocycles. The molecule has 0 radical (unpaired) electrons. The molecule has 0 fully saturated rings. The number of nitrogens with one attached hydrogen (secondary N) is 1. The lowest BCUT2D eigenvalue weighted by Crippen LogP contribution is -2.12. The van der Waals surface area contributed by atoms with E-state index >= 15 is 0 Å². The standard InChI is InChI=1S/C10H16N2O2S2/c1-4-16(14)6-5-11-10-9(8(3)13)7(2)12-15-10/h11H,4-6H2,1-3H3. The first kappa shape index (κ1) is 13.3. The summed E-state index contributed by atoms with van der Waals surface area (Å²) in [6.07, 6.45) is 0. The first-order valence-corrected chi connectivity index (χ1v) is 7.38. The van der Waals surface area contributed by atoms with Gasteiger partial charge in [0.1, 0.15) is 5.00 Å². The van der Waals surface area contributed by atoms with Gasteiger partial charge in [0.15, 0.2) is 5.78 Å². The van der Waals surface area contributed by atoms with Crippen molar-refractivity contribution in [3.05, 3.63) is 11.3 Å². The van der Waals surface area contributed by atoms with Crippen molar-refractivity contribution >= 4 is 33.1 Å². The van der Waals surface area contributed by atoms with Crippen LogP contribution in [0.5, 0.6) is 0 Å². The molecule has 1 aromatic heterocycles. The fourth-order valence-corrected chi connectivity index (χ4v) is 2.81. The highest BCUT2D eigenvalue weighted by molar-refractivity contribution is 7.84. The number of Topliss-reactive ketones (excluding diaryl/α,β-unsaturated/α-hetero) is 1. The minimum atomic E-state index is -0.774. The highest BCUT2D eigenvalue weighted by atomic mass is 32.2. The number of hydrogen-bond acceptors (Lipinski definition) is 5. The second-order valence-electron chi connectivity index (χ2n) is 3.39. The molecular weight excluding hydrogens is 244 g/mol. The molecule has 0 spiro atoms. The van der Waals surface area contributed by atoms with E-state index in [1.807, 2.05) is 13.8 Å². The monoisotopic (exact) mass is 260 g/mol. The summed E-state index contributed by atoms with van der Waals surface area (Å²) in [6, 6.07) is 0. The van der Waals surface area contributed by atoms with Crippen molar-refractivity contribution in [2.75, 3.05) is 23.4 Å². The van der Waals surface area contributed by atoms with Crippen LogP contribution in [0, 0.1) is 6.92 Å². The maximum Gasteiger partial charge on any atom is 0.164 e. The summed E-state index contributed by atoms with van der Waals surface area (Å²) >= 11 is 1.28. The third-order valence-electron chi connectivity index (χ3n) is 2.15. The van der Waals surface area contributed by atoms with Crippen LogP contribution >= 0.6 is 11.5 Å². The van der Waals surface area contributed by atoms with Gasteiger partial charge >= 0.3 is 0 Å². The second-order valence-corrected chi connectivity index (χ2v) is 6.03. The van der Waals surface area contributed by atoms with Crippen LogP contribution in [-0.4, -0.2) is 32.4 Å². The maximum atomic E-state index is 11.4. The normalized spacial score (nSPS) is 12.4. The fourth-order valence-electron chi connectivity index (χ4n) is 1.33. The number of aromatic nitrogens is 1. The lowest BCUT2D eigenvalue weighted by atomic mass is 10.2. The molecule has 0 aliphatic heterocycles. The lowest BCUT2D eigenvalue weighted by Gasteiger charge is -2.04. The summed E-state index contributed by atoms with van der Waals surface area (Å²) in [5.74, 6) is 1.29. The van der Waals surface area contributed by atoms with Crippen molar-refractivity contribution in [2.45, 2.75) is 20.8 Å². The molecule has 0 aromatic carbocycles. The number of ketones is 1. The van der Waals surface area contributed by atoms with E-state index in [0.29, 0.717) is 23.6 Å². The zero-order valence-corrected chi connectivity index (χ0v) is 11.3. The Bertz CT molecular complexity index is 402. The molecular formula is C10H16N2O2S2. The van der Waals surface area contributed by atoms with Crippen molar-refractivity contribution < 1.29 is 9.00 Å². The molecule has 0 bridgehead atoms. The predicted octanol–water partition coefficient (Wildman–Crippen LogP) is 1.83. The third-order valence-corrected chi connectivity index (χ3v) is 4.35. The van der Waals surface area contributed by atoms with Crippen molar-refractivity contribution in [1.82, 2.24) is 4.37 Å². The fraction of sp³-hybridized carbons (Fsp3) is 0.600. The van der Waals surface area contributed by atoms with Gasteiger partial charge in [0.25, 0.3) is 0 Å². The first-order chi connectivity index (χ1) is 7.56. The van der Waals surface area contributed by atoms with Crippen LogP contribution in [0.3, 0.4) is 0 Å². The first-order valence-electron chi connectivity index (χ1n) is 5.12. The maximum absolute atomic E-state index is 11.4. The molecule has 16 heavy (non-hydrogen) atoms. The second kappa shape index (κ2) is 6.10. The molecule has 0 aliphatic rings. The van der Waals surface area contributed by atoms with Gasteiger partial charge in [0.2, 0.25) is 0 Å². The molecule has 0 aliphatic carbocycles. The predicted molar refractivity (Wildman–Crippen MR) is 68.9 cm³/mol. The van der Waals surface area contributed by atoms with Crippen LogP contribution < -0.4 is 5.32 Å². The van der Waals surface area contributed by atoms with Gasteiger partial charge in [0, 0.05) is 28.9 Å². The van der Waals surface area contributed by atoms with Gasteiger partial charge in [-0.25, -0.2) is 0 Å². The van der Waals surface area contributed by atoms with E-state index in [9.17, 15) is 9.00 Å². The summed E-state index contributed by atoms with van der Waals surface area (Å²) < 4.78 is 15.4. The largest absolute Gasteiger partial charge is 0.374 e. The number of anilines is 1. The summed E-state index contributed by atoms with van der Waals surface area (Å²) in [5.41, 5.74) is 1.42. The molecule has 0 saturated carbocycles. The Morgan fingerprint density at radius 1 is 1.56 bits per heavy atom. The molecule has 1 unspecified atom stereocenters. The van der Waals surface area contributed by atoms with Gasteiger partial charge in [-0.15, -0.1) is 0 Å². The number of rotatable bonds is 6. The SMILES string of the molecule is CCS(=O)CCNc1snc(C)c1C(C)=O. The third kappa shape index (κ3) is 3.38. The van der Waals surface area contributed by atoms with Crippen LogP contribution in [-0.2, 0) is 10.8 Å². The summed E-state index contributed by atoms with van der Waals surface area (Å²) in [6.45, 7) is 5.87. The molecule has 0 saturated heterocycles. The topological polar surface area (TPSA) is 59.1 Å². The Morgan fingerprint density at radius 2 is 2.25 bits per heavy atom. The summed E-state index contributed by atoms with van der Waals surface area (Å²) in [5, 5.41) is 3.91. The molecule has 1 rings (SSSR count). The number of carbonyl (C=O) groups excluding carboxylic acids is 1. The van der Waals surface area contributed by atoms with E-state index in [1.165, 1.54) is 18.5 Å². The Kier molecular flexibility index (Phi) is 5.08. The molecule has 1 aromatic rings. The zero-order chi connectivity index (χ0) is 12.1. The van der Waals surface area contributed by atoms with Crippen LogP contribution in [0.4, 0.5) is 5.00 Å².